The van der Waals surface area contributed by atoms with E-state index in [1.54, 1.807) is 0 Å². The quantitative estimate of drug-likeness (QED) is 0.863. The Morgan fingerprint density at radius 1 is 1.05 bits per heavy atom. The molecule has 0 aliphatic carbocycles. The van der Waals surface area contributed by atoms with Gasteiger partial charge in [0.25, 0.3) is 0 Å². The number of hydrogen-bond donors (Lipinski definition) is 1. The van der Waals surface area contributed by atoms with Crippen LogP contribution in [0.4, 0.5) is 11.4 Å². The minimum Gasteiger partial charge on any atom is -0.381 e. The summed E-state index contributed by atoms with van der Waals surface area (Å²) in [5, 5.41) is 3.60. The first kappa shape index (κ1) is 14.9. The zero-order chi connectivity index (χ0) is 14.5. The minimum absolute atomic E-state index is 0.386. The molecule has 1 N–H and O–H groups in total. The van der Waals surface area contributed by atoms with Gasteiger partial charge < -0.3 is 10.2 Å². The van der Waals surface area contributed by atoms with E-state index in [9.17, 15) is 0 Å². The largest absolute Gasteiger partial charge is 0.381 e. The first-order chi connectivity index (χ1) is 9.56. The van der Waals surface area contributed by atoms with Crippen molar-refractivity contribution >= 4 is 27.3 Å². The topological polar surface area (TPSA) is 15.3 Å². The van der Waals surface area contributed by atoms with Crippen molar-refractivity contribution < 1.29 is 0 Å². The molecule has 2 aromatic rings. The van der Waals surface area contributed by atoms with E-state index in [0.29, 0.717) is 6.04 Å². The molecule has 1 unspecified atom stereocenters. The van der Waals surface area contributed by atoms with Gasteiger partial charge >= 0.3 is 0 Å². The smallest absolute Gasteiger partial charge is 0.0596 e. The number of para-hydroxylation sites is 2. The van der Waals surface area contributed by atoms with E-state index in [1.807, 2.05) is 0 Å². The van der Waals surface area contributed by atoms with Crippen molar-refractivity contribution in [2.75, 3.05) is 24.3 Å². The molecular formula is C17H21BrN2. The molecular weight excluding hydrogens is 312 g/mol. The van der Waals surface area contributed by atoms with Gasteiger partial charge in [0.1, 0.15) is 0 Å². The average molecular weight is 333 g/mol. The summed E-state index contributed by atoms with van der Waals surface area (Å²) in [4.78, 5) is 2.13. The van der Waals surface area contributed by atoms with Gasteiger partial charge in [-0.1, -0.05) is 40.2 Å². The molecule has 0 saturated heterocycles. The summed E-state index contributed by atoms with van der Waals surface area (Å²) in [5.74, 6) is 0. The Kier molecular flexibility index (Phi) is 5.07. The Labute approximate surface area is 129 Å². The van der Waals surface area contributed by atoms with Gasteiger partial charge in [-0.05, 0) is 43.2 Å². The molecule has 2 rings (SSSR count). The third-order valence-electron chi connectivity index (χ3n) is 3.24. The van der Waals surface area contributed by atoms with Crippen molar-refractivity contribution in [2.45, 2.75) is 19.4 Å². The molecule has 0 fully saturated rings. The fourth-order valence-electron chi connectivity index (χ4n) is 2.28. The SMILES string of the molecule is CC(Cc1ccc(Br)cc1)Nc1ccccc1N(C)C. The number of anilines is 2. The number of rotatable bonds is 5. The monoisotopic (exact) mass is 332 g/mol. The van der Waals surface area contributed by atoms with E-state index in [1.165, 1.54) is 16.9 Å². The molecule has 0 bridgehead atoms. The third kappa shape index (κ3) is 4.01. The highest BCUT2D eigenvalue weighted by Crippen LogP contribution is 2.24. The van der Waals surface area contributed by atoms with Crippen LogP contribution in [0.2, 0.25) is 0 Å². The Hall–Kier alpha value is -1.48. The van der Waals surface area contributed by atoms with Crippen LogP contribution in [-0.4, -0.2) is 20.1 Å². The summed E-state index contributed by atoms with van der Waals surface area (Å²) in [6.45, 7) is 2.22. The van der Waals surface area contributed by atoms with Crippen molar-refractivity contribution in [3.05, 3.63) is 58.6 Å². The van der Waals surface area contributed by atoms with E-state index >= 15 is 0 Å². The third-order valence-corrected chi connectivity index (χ3v) is 3.77. The molecule has 0 aliphatic heterocycles. The summed E-state index contributed by atoms with van der Waals surface area (Å²) in [7, 11) is 4.14. The molecule has 0 amide bonds. The summed E-state index contributed by atoms with van der Waals surface area (Å²) < 4.78 is 1.12. The van der Waals surface area contributed by atoms with Crippen LogP contribution in [0.15, 0.2) is 53.0 Å². The summed E-state index contributed by atoms with van der Waals surface area (Å²) in [6.07, 6.45) is 1.01. The molecule has 0 saturated carbocycles. The van der Waals surface area contributed by atoms with Crippen LogP contribution in [0.3, 0.4) is 0 Å². The van der Waals surface area contributed by atoms with Crippen molar-refractivity contribution in [1.82, 2.24) is 0 Å². The summed E-state index contributed by atoms with van der Waals surface area (Å²) in [6, 6.07) is 17.3. The lowest BCUT2D eigenvalue weighted by molar-refractivity contribution is 0.789. The van der Waals surface area contributed by atoms with Crippen molar-refractivity contribution in [3.63, 3.8) is 0 Å². The van der Waals surface area contributed by atoms with Gasteiger partial charge in [-0.15, -0.1) is 0 Å². The second kappa shape index (κ2) is 6.80. The minimum atomic E-state index is 0.386. The maximum Gasteiger partial charge on any atom is 0.0596 e. The highest BCUT2D eigenvalue weighted by molar-refractivity contribution is 9.10. The van der Waals surface area contributed by atoms with E-state index in [4.69, 9.17) is 0 Å². The first-order valence-electron chi connectivity index (χ1n) is 6.83. The van der Waals surface area contributed by atoms with Crippen LogP contribution < -0.4 is 10.2 Å². The normalized spacial score (nSPS) is 12.0. The Morgan fingerprint density at radius 2 is 1.70 bits per heavy atom. The number of benzene rings is 2. The fraction of sp³-hybridized carbons (Fsp3) is 0.294. The van der Waals surface area contributed by atoms with Gasteiger partial charge in [-0.25, -0.2) is 0 Å². The molecule has 106 valence electrons. The van der Waals surface area contributed by atoms with Crippen LogP contribution in [0.1, 0.15) is 12.5 Å². The number of hydrogen-bond acceptors (Lipinski definition) is 2. The van der Waals surface area contributed by atoms with E-state index in [0.717, 1.165) is 10.9 Å². The van der Waals surface area contributed by atoms with Crippen molar-refractivity contribution in [3.8, 4) is 0 Å². The number of nitrogens with zero attached hydrogens (tertiary/aromatic N) is 1. The molecule has 1 atom stereocenters. The van der Waals surface area contributed by atoms with Crippen LogP contribution in [-0.2, 0) is 6.42 Å². The second-order valence-electron chi connectivity index (χ2n) is 5.29. The van der Waals surface area contributed by atoms with Gasteiger partial charge in [0.2, 0.25) is 0 Å². The molecule has 0 heterocycles. The second-order valence-corrected chi connectivity index (χ2v) is 6.20. The molecule has 0 spiro atoms. The highest BCUT2D eigenvalue weighted by Gasteiger charge is 2.08. The van der Waals surface area contributed by atoms with Gasteiger partial charge in [-0.2, -0.15) is 0 Å². The van der Waals surface area contributed by atoms with Gasteiger partial charge in [0, 0.05) is 24.6 Å². The predicted molar refractivity (Wildman–Crippen MR) is 91.7 cm³/mol. The zero-order valence-electron chi connectivity index (χ0n) is 12.2. The summed E-state index contributed by atoms with van der Waals surface area (Å²) in [5.41, 5.74) is 3.74. The lowest BCUT2D eigenvalue weighted by Crippen LogP contribution is -2.20. The molecule has 3 heteroatoms. The molecule has 0 radical (unpaired) electrons. The van der Waals surface area contributed by atoms with E-state index in [2.05, 4.69) is 95.7 Å². The Morgan fingerprint density at radius 3 is 2.35 bits per heavy atom. The van der Waals surface area contributed by atoms with Crippen LogP contribution in [0.25, 0.3) is 0 Å². The standard InChI is InChI=1S/C17H21BrN2/c1-13(12-14-8-10-15(18)11-9-14)19-16-6-4-5-7-17(16)20(2)3/h4-11,13,19H,12H2,1-3H3. The average Bonchev–Trinajstić information content (AvgIpc) is 2.41. The molecule has 0 aromatic heterocycles. The lowest BCUT2D eigenvalue weighted by Gasteiger charge is -2.22. The number of nitrogens with one attached hydrogen (secondary N) is 1. The van der Waals surface area contributed by atoms with Gasteiger partial charge in [-0.3, -0.25) is 0 Å². The van der Waals surface area contributed by atoms with Crippen LogP contribution >= 0.6 is 15.9 Å². The van der Waals surface area contributed by atoms with Gasteiger partial charge in [0.15, 0.2) is 0 Å². The Bertz CT molecular complexity index is 549. The lowest BCUT2D eigenvalue weighted by atomic mass is 10.1. The van der Waals surface area contributed by atoms with Crippen LogP contribution in [0, 0.1) is 0 Å². The molecule has 2 nitrogen and oxygen atoms in total. The molecule has 0 aliphatic rings. The van der Waals surface area contributed by atoms with Gasteiger partial charge in [0.05, 0.1) is 11.4 Å². The molecule has 20 heavy (non-hydrogen) atoms. The fourth-order valence-corrected chi connectivity index (χ4v) is 2.54. The highest BCUT2D eigenvalue weighted by atomic mass is 79.9. The van der Waals surface area contributed by atoms with Crippen molar-refractivity contribution in [2.24, 2.45) is 0 Å². The number of halogens is 1. The van der Waals surface area contributed by atoms with E-state index < -0.39 is 0 Å². The zero-order valence-corrected chi connectivity index (χ0v) is 13.8. The first-order valence-corrected chi connectivity index (χ1v) is 7.63. The van der Waals surface area contributed by atoms with Crippen molar-refractivity contribution in [1.29, 1.82) is 0 Å². The summed E-state index contributed by atoms with van der Waals surface area (Å²) >= 11 is 3.47. The predicted octanol–water partition coefficient (Wildman–Crippen LogP) is 4.56. The molecule has 2 aromatic carbocycles. The van der Waals surface area contributed by atoms with E-state index in [-0.39, 0.29) is 0 Å². The van der Waals surface area contributed by atoms with Crippen LogP contribution in [0.5, 0.6) is 0 Å². The maximum absolute atomic E-state index is 3.60. The Balaban J connectivity index is 2.04. The maximum atomic E-state index is 3.60.